The van der Waals surface area contributed by atoms with Crippen LogP contribution in [-0.4, -0.2) is 28.0 Å². The molecule has 110 valence electrons. The molecule has 7 heteroatoms. The van der Waals surface area contributed by atoms with Crippen molar-refractivity contribution in [3.05, 3.63) is 16.3 Å². The summed E-state index contributed by atoms with van der Waals surface area (Å²) >= 11 is 0. The second kappa shape index (κ2) is 5.22. The molecule has 7 nitrogen and oxygen atoms in total. The summed E-state index contributed by atoms with van der Waals surface area (Å²) in [5, 5.41) is 11.1. The summed E-state index contributed by atoms with van der Waals surface area (Å²) in [6, 6.07) is 0.260. The van der Waals surface area contributed by atoms with E-state index >= 15 is 0 Å². The van der Waals surface area contributed by atoms with Gasteiger partial charge in [0.2, 0.25) is 11.8 Å². The predicted molar refractivity (Wildman–Crippen MR) is 77.5 cm³/mol. The molecule has 0 radical (unpaired) electrons. The number of hydrogen-bond acceptors (Lipinski definition) is 6. The number of anilines is 2. The van der Waals surface area contributed by atoms with Crippen molar-refractivity contribution in [2.45, 2.75) is 45.6 Å². The van der Waals surface area contributed by atoms with Crippen LogP contribution in [0.3, 0.4) is 0 Å². The summed E-state index contributed by atoms with van der Waals surface area (Å²) in [4.78, 5) is 20.3. The summed E-state index contributed by atoms with van der Waals surface area (Å²) in [7, 11) is 1.84. The number of nitro groups is 1. The molecular weight excluding hydrogens is 258 g/mol. The van der Waals surface area contributed by atoms with Crippen molar-refractivity contribution in [2.24, 2.45) is 5.41 Å². The first-order valence-electron chi connectivity index (χ1n) is 6.80. The van der Waals surface area contributed by atoms with Gasteiger partial charge in [-0.1, -0.05) is 13.8 Å². The van der Waals surface area contributed by atoms with Gasteiger partial charge in [-0.15, -0.1) is 0 Å². The first-order valence-corrected chi connectivity index (χ1v) is 6.80. The molecule has 2 N–H and O–H groups in total. The quantitative estimate of drug-likeness (QED) is 0.673. The number of hydrogen-bond donors (Lipinski definition) is 1. The van der Waals surface area contributed by atoms with Crippen molar-refractivity contribution in [3.8, 4) is 0 Å². The topological polar surface area (TPSA) is 98.2 Å². The third kappa shape index (κ3) is 2.97. The average Bonchev–Trinajstić information content (AvgIpc) is 2.37. The molecule has 20 heavy (non-hydrogen) atoms. The fourth-order valence-corrected chi connectivity index (χ4v) is 2.71. The molecule has 1 saturated carbocycles. The Bertz CT molecular complexity index is 507. The smallest absolute Gasteiger partial charge is 0.329 e. The van der Waals surface area contributed by atoms with Crippen LogP contribution in [0.2, 0.25) is 0 Å². The van der Waals surface area contributed by atoms with E-state index in [1.165, 1.54) is 6.20 Å². The number of aromatic nitrogens is 2. The van der Waals surface area contributed by atoms with Crippen molar-refractivity contribution < 1.29 is 4.92 Å². The normalized spacial score (nSPS) is 18.8. The highest BCUT2D eigenvalue weighted by atomic mass is 16.6. The van der Waals surface area contributed by atoms with Gasteiger partial charge in [-0.2, -0.15) is 4.98 Å². The van der Waals surface area contributed by atoms with Crippen LogP contribution in [0.25, 0.3) is 0 Å². The molecule has 0 spiro atoms. The molecule has 1 aliphatic rings. The monoisotopic (exact) mass is 279 g/mol. The highest BCUT2D eigenvalue weighted by Gasteiger charge is 2.32. The molecule has 1 heterocycles. The molecule has 1 aromatic heterocycles. The van der Waals surface area contributed by atoms with Gasteiger partial charge in [0.1, 0.15) is 6.20 Å². The minimum Gasteiger partial charge on any atom is -0.368 e. The Morgan fingerprint density at radius 2 is 2.05 bits per heavy atom. The van der Waals surface area contributed by atoms with Crippen molar-refractivity contribution in [1.29, 1.82) is 0 Å². The predicted octanol–water partition coefficient (Wildman–Crippen LogP) is 2.37. The fraction of sp³-hybridized carbons (Fsp3) is 0.692. The van der Waals surface area contributed by atoms with E-state index in [2.05, 4.69) is 23.8 Å². The first-order chi connectivity index (χ1) is 9.30. The Balaban J connectivity index is 2.23. The highest BCUT2D eigenvalue weighted by molar-refractivity contribution is 5.58. The van der Waals surface area contributed by atoms with Crippen molar-refractivity contribution in [3.63, 3.8) is 0 Å². The Hall–Kier alpha value is -1.92. The third-order valence-electron chi connectivity index (χ3n) is 4.16. The van der Waals surface area contributed by atoms with Crippen LogP contribution in [0.5, 0.6) is 0 Å². The molecule has 0 aliphatic heterocycles. The molecule has 1 aromatic rings. The molecular formula is C13H21N5O2. The van der Waals surface area contributed by atoms with E-state index < -0.39 is 4.92 Å². The summed E-state index contributed by atoms with van der Waals surface area (Å²) in [5.41, 5.74) is 5.83. The van der Waals surface area contributed by atoms with Gasteiger partial charge in [0.05, 0.1) is 4.92 Å². The fourth-order valence-electron chi connectivity index (χ4n) is 2.71. The summed E-state index contributed by atoms with van der Waals surface area (Å²) < 4.78 is 0. The molecule has 1 fully saturated rings. The Morgan fingerprint density at radius 1 is 1.45 bits per heavy atom. The van der Waals surface area contributed by atoms with Crippen LogP contribution in [0, 0.1) is 15.5 Å². The van der Waals surface area contributed by atoms with Crippen LogP contribution >= 0.6 is 0 Å². The number of nitrogen functional groups attached to an aromatic ring is 1. The molecule has 0 saturated heterocycles. The zero-order chi connectivity index (χ0) is 14.9. The zero-order valence-electron chi connectivity index (χ0n) is 12.2. The van der Waals surface area contributed by atoms with Crippen molar-refractivity contribution in [2.75, 3.05) is 17.7 Å². The standard InChI is InChI=1S/C13H21N5O2/c1-13(2)6-4-9(5-7-13)17(3)11-10(18(19)20)8-15-12(14)16-11/h8-9H,4-7H2,1-3H3,(H2,14,15,16). The summed E-state index contributed by atoms with van der Waals surface area (Å²) in [6.45, 7) is 4.52. The lowest BCUT2D eigenvalue weighted by Gasteiger charge is -2.38. The Morgan fingerprint density at radius 3 is 2.60 bits per heavy atom. The zero-order valence-corrected chi connectivity index (χ0v) is 12.2. The van der Waals surface area contributed by atoms with Crippen LogP contribution in [-0.2, 0) is 0 Å². The van der Waals surface area contributed by atoms with Crippen molar-refractivity contribution >= 4 is 17.5 Å². The molecule has 0 atom stereocenters. The van der Waals surface area contributed by atoms with E-state index in [0.717, 1.165) is 25.7 Å². The lowest BCUT2D eigenvalue weighted by Crippen LogP contribution is -2.38. The minimum absolute atomic E-state index is 0.0635. The maximum atomic E-state index is 11.1. The average molecular weight is 279 g/mol. The van der Waals surface area contributed by atoms with Gasteiger partial charge in [0.25, 0.3) is 0 Å². The second-order valence-electron chi connectivity index (χ2n) is 6.20. The van der Waals surface area contributed by atoms with Gasteiger partial charge >= 0.3 is 5.69 Å². The molecule has 1 aliphatic carbocycles. The summed E-state index contributed by atoms with van der Waals surface area (Å²) in [6.07, 6.45) is 5.41. The number of rotatable bonds is 3. The van der Waals surface area contributed by atoms with Gasteiger partial charge in [-0.3, -0.25) is 10.1 Å². The third-order valence-corrected chi connectivity index (χ3v) is 4.16. The Labute approximate surface area is 118 Å². The summed E-state index contributed by atoms with van der Waals surface area (Å²) in [5.74, 6) is 0.376. The van der Waals surface area contributed by atoms with Crippen LogP contribution < -0.4 is 10.6 Å². The van der Waals surface area contributed by atoms with Gasteiger partial charge in [-0.05, 0) is 31.1 Å². The van der Waals surface area contributed by atoms with Gasteiger partial charge < -0.3 is 10.6 Å². The minimum atomic E-state index is -0.460. The van der Waals surface area contributed by atoms with Gasteiger partial charge in [0, 0.05) is 13.1 Å². The lowest BCUT2D eigenvalue weighted by molar-refractivity contribution is -0.384. The number of nitrogens with two attached hydrogens (primary N) is 1. The molecule has 0 aromatic carbocycles. The van der Waals surface area contributed by atoms with Gasteiger partial charge in [0.15, 0.2) is 0 Å². The molecule has 0 amide bonds. The van der Waals surface area contributed by atoms with Crippen LogP contribution in [0.1, 0.15) is 39.5 Å². The lowest BCUT2D eigenvalue weighted by atomic mass is 9.75. The van der Waals surface area contributed by atoms with E-state index in [0.29, 0.717) is 11.2 Å². The van der Waals surface area contributed by atoms with E-state index in [1.54, 1.807) is 0 Å². The van der Waals surface area contributed by atoms with Gasteiger partial charge in [-0.25, -0.2) is 4.98 Å². The highest BCUT2D eigenvalue weighted by Crippen LogP contribution is 2.38. The molecule has 2 rings (SSSR count). The van der Waals surface area contributed by atoms with E-state index in [9.17, 15) is 10.1 Å². The van der Waals surface area contributed by atoms with E-state index in [4.69, 9.17) is 5.73 Å². The molecule has 0 bridgehead atoms. The van der Waals surface area contributed by atoms with E-state index in [1.807, 2.05) is 11.9 Å². The second-order valence-corrected chi connectivity index (χ2v) is 6.20. The Kier molecular flexibility index (Phi) is 3.78. The molecule has 0 unspecified atom stereocenters. The number of nitrogens with zero attached hydrogens (tertiary/aromatic N) is 4. The first kappa shape index (κ1) is 14.5. The maximum absolute atomic E-state index is 11.1. The largest absolute Gasteiger partial charge is 0.368 e. The van der Waals surface area contributed by atoms with Crippen molar-refractivity contribution in [1.82, 2.24) is 9.97 Å². The van der Waals surface area contributed by atoms with E-state index in [-0.39, 0.29) is 17.7 Å². The van der Waals surface area contributed by atoms with Crippen LogP contribution in [0.4, 0.5) is 17.5 Å². The van der Waals surface area contributed by atoms with Crippen LogP contribution in [0.15, 0.2) is 6.20 Å². The SMILES string of the molecule is CN(c1nc(N)ncc1[N+](=O)[O-])C1CCC(C)(C)CC1. The maximum Gasteiger partial charge on any atom is 0.329 e.